The van der Waals surface area contributed by atoms with Crippen molar-refractivity contribution in [3.05, 3.63) is 0 Å². The lowest BCUT2D eigenvalue weighted by Gasteiger charge is -2.37. The van der Waals surface area contributed by atoms with Gasteiger partial charge in [-0.05, 0) is 25.2 Å². The first-order valence-corrected chi connectivity index (χ1v) is 4.97. The molecule has 1 saturated heterocycles. The maximum Gasteiger partial charge on any atom is 0.409 e. The van der Waals surface area contributed by atoms with Crippen LogP contribution in [0.5, 0.6) is 0 Å². The number of amides is 1. The summed E-state index contributed by atoms with van der Waals surface area (Å²) in [5, 5.41) is 0. The lowest BCUT2D eigenvalue weighted by molar-refractivity contribution is 0.0702. The quantitative estimate of drug-likeness (QED) is 0.627. The molecule has 13 heavy (non-hydrogen) atoms. The summed E-state index contributed by atoms with van der Waals surface area (Å²) < 4.78 is 4.96. The van der Waals surface area contributed by atoms with Crippen molar-refractivity contribution in [2.24, 2.45) is 5.41 Å². The van der Waals surface area contributed by atoms with Crippen LogP contribution in [0.2, 0.25) is 0 Å². The zero-order chi connectivity index (χ0) is 9.90. The Kier molecular flexibility index (Phi) is 3.17. The molecule has 3 nitrogen and oxygen atoms in total. The summed E-state index contributed by atoms with van der Waals surface area (Å²) in [6, 6.07) is 0. The second-order valence-electron chi connectivity index (χ2n) is 4.39. The van der Waals surface area contributed by atoms with E-state index in [-0.39, 0.29) is 11.5 Å². The number of rotatable bonds is 1. The largest absolute Gasteiger partial charge is 0.450 e. The summed E-state index contributed by atoms with van der Waals surface area (Å²) >= 11 is 0. The van der Waals surface area contributed by atoms with Gasteiger partial charge in [0.05, 0.1) is 6.61 Å². The second-order valence-corrected chi connectivity index (χ2v) is 4.39. The number of ether oxygens (including phenoxy) is 1. The maximum absolute atomic E-state index is 11.4. The zero-order valence-corrected chi connectivity index (χ0v) is 8.80. The second kappa shape index (κ2) is 3.99. The Morgan fingerprint density at radius 2 is 2.23 bits per heavy atom. The van der Waals surface area contributed by atoms with Crippen molar-refractivity contribution in [1.29, 1.82) is 0 Å². The fourth-order valence-electron chi connectivity index (χ4n) is 1.79. The average molecular weight is 185 g/mol. The molecule has 0 aliphatic carbocycles. The van der Waals surface area contributed by atoms with Gasteiger partial charge in [0.2, 0.25) is 0 Å². The molecule has 0 aromatic carbocycles. The van der Waals surface area contributed by atoms with Crippen LogP contribution >= 0.6 is 0 Å². The van der Waals surface area contributed by atoms with Crippen LogP contribution in [0.1, 0.15) is 33.6 Å². The Hall–Kier alpha value is -0.730. The molecule has 0 unspecified atom stereocenters. The molecule has 1 amide bonds. The molecule has 1 aliphatic rings. The third kappa shape index (κ3) is 2.90. The molecule has 0 radical (unpaired) electrons. The molecule has 0 saturated carbocycles. The van der Waals surface area contributed by atoms with Gasteiger partial charge in [0.1, 0.15) is 0 Å². The molecule has 0 aromatic heterocycles. The molecule has 0 aromatic rings. The van der Waals surface area contributed by atoms with Crippen LogP contribution in [0.4, 0.5) is 4.79 Å². The fourth-order valence-corrected chi connectivity index (χ4v) is 1.79. The third-order valence-electron chi connectivity index (χ3n) is 2.43. The monoisotopic (exact) mass is 185 g/mol. The Labute approximate surface area is 80.1 Å². The highest BCUT2D eigenvalue weighted by molar-refractivity contribution is 5.67. The van der Waals surface area contributed by atoms with Crippen LogP contribution in [0.3, 0.4) is 0 Å². The first-order chi connectivity index (χ1) is 6.05. The first kappa shape index (κ1) is 10.4. The molecular formula is C10H19NO2. The molecule has 0 spiro atoms. The van der Waals surface area contributed by atoms with E-state index >= 15 is 0 Å². The minimum Gasteiger partial charge on any atom is -0.450 e. The van der Waals surface area contributed by atoms with Crippen molar-refractivity contribution >= 4 is 6.09 Å². The highest BCUT2D eigenvalue weighted by Gasteiger charge is 2.29. The van der Waals surface area contributed by atoms with Crippen molar-refractivity contribution < 1.29 is 9.53 Å². The van der Waals surface area contributed by atoms with E-state index in [1.54, 1.807) is 0 Å². The smallest absolute Gasteiger partial charge is 0.409 e. The average Bonchev–Trinajstić information content (AvgIpc) is 2.03. The Balaban J connectivity index is 2.47. The predicted octanol–water partition coefficient (Wildman–Crippen LogP) is 2.26. The Bertz CT molecular complexity index is 189. The molecule has 1 rings (SSSR count). The van der Waals surface area contributed by atoms with Crippen molar-refractivity contribution in [2.75, 3.05) is 19.7 Å². The minimum atomic E-state index is -0.157. The number of likely N-dealkylation sites (tertiary alicyclic amines) is 1. The van der Waals surface area contributed by atoms with E-state index in [9.17, 15) is 4.79 Å². The highest BCUT2D eigenvalue weighted by Crippen LogP contribution is 2.28. The molecule has 1 fully saturated rings. The summed E-state index contributed by atoms with van der Waals surface area (Å²) in [6.07, 6.45) is 2.13. The molecule has 76 valence electrons. The lowest BCUT2D eigenvalue weighted by Crippen LogP contribution is -2.43. The molecule has 3 heteroatoms. The van der Waals surface area contributed by atoms with Gasteiger partial charge in [0.25, 0.3) is 0 Å². The molecule has 0 bridgehead atoms. The Morgan fingerprint density at radius 3 is 2.77 bits per heavy atom. The van der Waals surface area contributed by atoms with Gasteiger partial charge >= 0.3 is 6.09 Å². The van der Waals surface area contributed by atoms with Crippen molar-refractivity contribution in [3.8, 4) is 0 Å². The van der Waals surface area contributed by atoms with Crippen LogP contribution in [0.15, 0.2) is 0 Å². The zero-order valence-electron chi connectivity index (χ0n) is 8.80. The van der Waals surface area contributed by atoms with Crippen LogP contribution < -0.4 is 0 Å². The van der Waals surface area contributed by atoms with Gasteiger partial charge in [0, 0.05) is 13.1 Å². The van der Waals surface area contributed by atoms with Gasteiger partial charge < -0.3 is 9.64 Å². The molecular weight excluding hydrogens is 166 g/mol. The fraction of sp³-hybridized carbons (Fsp3) is 0.900. The standard InChI is InChI=1S/C10H19NO2/c1-4-13-9(12)11-7-5-6-10(2,3)8-11/h4-8H2,1-3H3. The maximum atomic E-state index is 11.4. The van der Waals surface area contributed by atoms with Crippen LogP contribution in [0, 0.1) is 5.41 Å². The first-order valence-electron chi connectivity index (χ1n) is 4.97. The van der Waals surface area contributed by atoms with E-state index in [1.165, 1.54) is 6.42 Å². The van der Waals surface area contributed by atoms with Gasteiger partial charge in [-0.25, -0.2) is 4.79 Å². The number of piperidine rings is 1. The molecule has 1 aliphatic heterocycles. The Morgan fingerprint density at radius 1 is 1.54 bits per heavy atom. The van der Waals surface area contributed by atoms with Gasteiger partial charge in [-0.3, -0.25) is 0 Å². The van der Waals surface area contributed by atoms with Crippen molar-refractivity contribution in [2.45, 2.75) is 33.6 Å². The van der Waals surface area contributed by atoms with E-state index in [2.05, 4.69) is 13.8 Å². The topological polar surface area (TPSA) is 29.5 Å². The minimum absolute atomic E-state index is 0.157. The van der Waals surface area contributed by atoms with Crippen molar-refractivity contribution in [1.82, 2.24) is 4.90 Å². The highest BCUT2D eigenvalue weighted by atomic mass is 16.6. The third-order valence-corrected chi connectivity index (χ3v) is 2.43. The summed E-state index contributed by atoms with van der Waals surface area (Å²) in [5.41, 5.74) is 0.255. The molecule has 0 N–H and O–H groups in total. The number of carbonyl (C=O) groups excluding carboxylic acids is 1. The van der Waals surface area contributed by atoms with Crippen LogP contribution in [-0.2, 0) is 4.74 Å². The molecule has 1 heterocycles. The van der Waals surface area contributed by atoms with E-state index in [1.807, 2.05) is 11.8 Å². The summed E-state index contributed by atoms with van der Waals surface area (Å²) in [7, 11) is 0. The van der Waals surface area contributed by atoms with Gasteiger partial charge in [0.15, 0.2) is 0 Å². The summed E-state index contributed by atoms with van der Waals surface area (Å²) in [4.78, 5) is 13.2. The molecule has 0 atom stereocenters. The van der Waals surface area contributed by atoms with Gasteiger partial charge in [-0.1, -0.05) is 13.8 Å². The predicted molar refractivity (Wildman–Crippen MR) is 51.6 cm³/mol. The lowest BCUT2D eigenvalue weighted by atomic mass is 9.84. The van der Waals surface area contributed by atoms with E-state index in [4.69, 9.17) is 4.74 Å². The normalized spacial score (nSPS) is 21.3. The van der Waals surface area contributed by atoms with Crippen LogP contribution in [-0.4, -0.2) is 30.7 Å². The van der Waals surface area contributed by atoms with Crippen LogP contribution in [0.25, 0.3) is 0 Å². The summed E-state index contributed by atoms with van der Waals surface area (Å²) in [6.45, 7) is 8.37. The number of carbonyl (C=O) groups is 1. The van der Waals surface area contributed by atoms with Gasteiger partial charge in [-0.15, -0.1) is 0 Å². The summed E-state index contributed by atoms with van der Waals surface area (Å²) in [5.74, 6) is 0. The van der Waals surface area contributed by atoms with E-state index in [0.29, 0.717) is 6.61 Å². The SMILES string of the molecule is CCOC(=O)N1CCCC(C)(C)C1. The van der Waals surface area contributed by atoms with E-state index in [0.717, 1.165) is 19.5 Å². The number of hydrogen-bond acceptors (Lipinski definition) is 2. The van der Waals surface area contributed by atoms with Gasteiger partial charge in [-0.2, -0.15) is 0 Å². The van der Waals surface area contributed by atoms with E-state index < -0.39 is 0 Å². The number of nitrogens with zero attached hydrogens (tertiary/aromatic N) is 1. The van der Waals surface area contributed by atoms with Crippen molar-refractivity contribution in [3.63, 3.8) is 0 Å². The number of hydrogen-bond donors (Lipinski definition) is 0.